The van der Waals surface area contributed by atoms with E-state index in [1.54, 1.807) is 0 Å². The number of benzene rings is 8. The molecule has 522 valence electrons. The van der Waals surface area contributed by atoms with Crippen molar-refractivity contribution in [1.29, 1.82) is 0 Å². The van der Waals surface area contributed by atoms with Crippen molar-refractivity contribution in [2.45, 2.75) is 252 Å². The Morgan fingerprint density at radius 1 is 0.327 bits per heavy atom. The number of halogens is 2. The van der Waals surface area contributed by atoms with Crippen LogP contribution < -0.4 is 9.47 Å². The molecule has 0 unspecified atom stereocenters. The molecule has 0 amide bonds. The number of phenolic OH excluding ortho intramolecular Hbond substituents is 2. The summed E-state index contributed by atoms with van der Waals surface area (Å²) in [6, 6.07) is 33.0. The van der Waals surface area contributed by atoms with E-state index < -0.39 is 11.6 Å². The number of unbranched alkanes of at least 4 members (excludes halogenated alkanes) is 1. The van der Waals surface area contributed by atoms with Crippen molar-refractivity contribution >= 4 is 43.6 Å². The van der Waals surface area contributed by atoms with Crippen LogP contribution in [0.2, 0.25) is 0 Å². The van der Waals surface area contributed by atoms with Crippen LogP contribution in [0.3, 0.4) is 0 Å². The van der Waals surface area contributed by atoms with Crippen LogP contribution in [0, 0.1) is 64.0 Å². The Bertz CT molecular complexity index is 4330. The molecule has 10 aromatic rings. The van der Waals surface area contributed by atoms with Crippen molar-refractivity contribution in [3.05, 3.63) is 175 Å². The number of nitrogens with zero attached hydrogens (tertiary/aromatic N) is 2. The summed E-state index contributed by atoms with van der Waals surface area (Å²) in [7, 11) is 0. The van der Waals surface area contributed by atoms with E-state index in [2.05, 4.69) is 262 Å². The molecule has 10 rings (SSSR count). The number of hydrogen-bond acceptors (Lipinski definition) is 4. The number of aryl methyl sites for hydroxylation is 6. The predicted octanol–water partition coefficient (Wildman–Crippen LogP) is 25.6. The molecule has 2 N–H and O–H groups in total. The lowest BCUT2D eigenvalue weighted by atomic mass is 9.71. The molecule has 8 aromatic carbocycles. The Kier molecular flexibility index (Phi) is 18.8. The molecule has 98 heavy (non-hydrogen) atoms. The Balaban J connectivity index is 1.05. The second kappa shape index (κ2) is 25.2. The Morgan fingerprint density at radius 2 is 0.592 bits per heavy atom. The lowest BCUT2D eigenvalue weighted by molar-refractivity contribution is 0.265. The third kappa shape index (κ3) is 14.3. The van der Waals surface area contributed by atoms with E-state index in [9.17, 15) is 10.2 Å². The van der Waals surface area contributed by atoms with Crippen molar-refractivity contribution in [1.82, 2.24) is 9.13 Å². The van der Waals surface area contributed by atoms with Gasteiger partial charge in [0.1, 0.15) is 34.6 Å². The number of rotatable bonds is 15. The average molecular weight is 1330 g/mol. The van der Waals surface area contributed by atoms with Gasteiger partial charge in [-0.15, -0.1) is 0 Å². The maximum Gasteiger partial charge on any atom is 0.147 e. The van der Waals surface area contributed by atoms with Crippen LogP contribution in [0.5, 0.6) is 23.0 Å². The van der Waals surface area contributed by atoms with Crippen LogP contribution >= 0.6 is 0 Å². The van der Waals surface area contributed by atoms with Crippen molar-refractivity contribution in [2.75, 3.05) is 13.2 Å². The second-order valence-corrected chi connectivity index (χ2v) is 37.0. The van der Waals surface area contributed by atoms with Crippen LogP contribution in [-0.2, 0) is 32.5 Å². The number of fused-ring (bicyclic) bond motifs is 6. The quantitative estimate of drug-likeness (QED) is 0.100. The first-order valence-corrected chi connectivity index (χ1v) is 35.8. The van der Waals surface area contributed by atoms with Crippen molar-refractivity contribution < 1.29 is 28.5 Å². The molecular weight excluding hydrogens is 1210 g/mol. The van der Waals surface area contributed by atoms with Gasteiger partial charge in [-0.05, 0) is 274 Å². The first kappa shape index (κ1) is 73.1. The van der Waals surface area contributed by atoms with E-state index >= 15 is 8.78 Å². The van der Waals surface area contributed by atoms with Crippen LogP contribution in [0.1, 0.15) is 245 Å². The highest BCUT2D eigenvalue weighted by Gasteiger charge is 2.35. The van der Waals surface area contributed by atoms with Crippen molar-refractivity contribution in [3.8, 4) is 56.6 Å². The minimum atomic E-state index is -0.428. The van der Waals surface area contributed by atoms with Gasteiger partial charge in [0.25, 0.3) is 0 Å². The molecular formula is C90H114F2N2O4. The molecule has 0 atom stereocenters. The van der Waals surface area contributed by atoms with E-state index in [4.69, 9.17) is 9.47 Å². The molecule has 2 aromatic heterocycles. The molecule has 0 saturated heterocycles. The summed E-state index contributed by atoms with van der Waals surface area (Å²) < 4.78 is 50.9. The second-order valence-electron chi connectivity index (χ2n) is 37.0. The summed E-state index contributed by atoms with van der Waals surface area (Å²) in [5, 5.41) is 31.1. The molecule has 0 spiro atoms. The molecule has 0 aliphatic rings. The van der Waals surface area contributed by atoms with Gasteiger partial charge in [0, 0.05) is 43.8 Å². The van der Waals surface area contributed by atoms with Gasteiger partial charge in [-0.25, -0.2) is 8.78 Å². The van der Waals surface area contributed by atoms with Crippen LogP contribution in [0.15, 0.2) is 97.1 Å². The van der Waals surface area contributed by atoms with E-state index in [1.807, 2.05) is 13.8 Å². The van der Waals surface area contributed by atoms with Gasteiger partial charge in [-0.3, -0.25) is 0 Å². The molecule has 0 radical (unpaired) electrons. The summed E-state index contributed by atoms with van der Waals surface area (Å²) in [5.41, 5.74) is 18.6. The smallest absolute Gasteiger partial charge is 0.147 e. The van der Waals surface area contributed by atoms with Gasteiger partial charge < -0.3 is 28.8 Å². The summed E-state index contributed by atoms with van der Waals surface area (Å²) in [6.45, 7) is 62.7. The maximum absolute atomic E-state index is 16.3. The number of aromatic hydroxyl groups is 2. The Morgan fingerprint density at radius 3 is 0.837 bits per heavy atom. The summed E-state index contributed by atoms with van der Waals surface area (Å²) >= 11 is 0. The van der Waals surface area contributed by atoms with E-state index in [-0.39, 0.29) is 68.0 Å². The van der Waals surface area contributed by atoms with E-state index in [0.29, 0.717) is 69.1 Å². The fraction of sp³-hybridized carbons (Fsp3) is 0.467. The van der Waals surface area contributed by atoms with Gasteiger partial charge >= 0.3 is 0 Å². The third-order valence-electron chi connectivity index (χ3n) is 20.4. The Labute approximate surface area is 586 Å². The van der Waals surface area contributed by atoms with Crippen molar-refractivity contribution in [3.63, 3.8) is 0 Å². The van der Waals surface area contributed by atoms with Crippen molar-refractivity contribution in [2.24, 2.45) is 10.8 Å². The van der Waals surface area contributed by atoms with Gasteiger partial charge in [-0.1, -0.05) is 152 Å². The first-order chi connectivity index (χ1) is 45.0. The highest BCUT2D eigenvalue weighted by molar-refractivity contribution is 6.12. The van der Waals surface area contributed by atoms with Crippen LogP contribution in [-0.4, -0.2) is 32.6 Å². The molecule has 0 bridgehead atoms. The highest BCUT2D eigenvalue weighted by atomic mass is 19.1. The molecule has 2 heterocycles. The minimum Gasteiger partial charge on any atom is -0.505 e. The zero-order valence-corrected chi connectivity index (χ0v) is 64.8. The summed E-state index contributed by atoms with van der Waals surface area (Å²) in [5.74, 6) is 0.204. The first-order valence-electron chi connectivity index (χ1n) is 35.8. The topological polar surface area (TPSA) is 68.8 Å². The molecule has 0 saturated carbocycles. The molecule has 8 heteroatoms. The monoisotopic (exact) mass is 1320 g/mol. The summed E-state index contributed by atoms with van der Waals surface area (Å²) in [4.78, 5) is 0. The lowest BCUT2D eigenvalue weighted by Crippen LogP contribution is -2.25. The largest absolute Gasteiger partial charge is 0.505 e. The standard InChI is InChI=1S/C90H114F2N2O4/c1-51-35-61-62-36-52(2)70(86(16,17)18)46-74(62)93(73(61)45-69(51)85(13,14)15)77-41-57(89(25,26)49-83(7,8)9)39-65(79(77)95)67-43-59(91)33-55(5)81(67)97-31-29-30-32-98-82-56(6)34-60(92)44-68(82)66-40-58(90(27,28)50-84(10,11)12)42-78(80(66)96)94-75-47-71(87(19,20)21)53(3)37-63(75)64-38-54(4)72(48-76(64)94)88(22,23)24/h33-48,95-96H,29-32,49-50H2,1-28H3. The number of phenols is 2. The Hall–Kier alpha value is -7.58. The minimum absolute atomic E-state index is 0.0367. The zero-order valence-electron chi connectivity index (χ0n) is 64.8. The van der Waals surface area contributed by atoms with Gasteiger partial charge in [0.05, 0.1) is 46.7 Å². The average Bonchev–Trinajstić information content (AvgIpc) is 1.55. The van der Waals surface area contributed by atoms with Gasteiger partial charge in [0.15, 0.2) is 0 Å². The zero-order chi connectivity index (χ0) is 72.6. The number of ether oxygens (including phenoxy) is 2. The fourth-order valence-corrected chi connectivity index (χ4v) is 16.8. The fourth-order valence-electron chi connectivity index (χ4n) is 16.8. The molecule has 0 fully saturated rings. The van der Waals surface area contributed by atoms with Gasteiger partial charge in [-0.2, -0.15) is 0 Å². The number of aromatic nitrogens is 2. The van der Waals surface area contributed by atoms with Crippen LogP contribution in [0.4, 0.5) is 8.78 Å². The van der Waals surface area contributed by atoms with E-state index in [0.717, 1.165) is 67.6 Å². The molecule has 0 aliphatic heterocycles. The molecule has 0 aliphatic carbocycles. The molecule has 6 nitrogen and oxygen atoms in total. The summed E-state index contributed by atoms with van der Waals surface area (Å²) in [6.07, 6.45) is 2.79. The normalized spacial score (nSPS) is 13.3. The van der Waals surface area contributed by atoms with E-state index in [1.165, 1.54) is 68.8 Å². The maximum atomic E-state index is 16.3. The van der Waals surface area contributed by atoms with Crippen LogP contribution in [0.25, 0.3) is 77.2 Å². The SMILES string of the molecule is Cc1cc2c3cc(C)c(C(C)(C)C)cc3n(-c3cc(C(C)(C)CC(C)(C)C)cc(-c4cc(F)cc(C)c4OCCCCOc4c(C)cc(F)cc4-c4cc(C(C)(C)CC(C)(C)C)cc(-n5c6cc(C(C)(C)C)c(C)cc6c6cc(C)c(C(C)(C)C)cc65)c4O)c3O)c2cc1C(C)(C)C. The predicted molar refractivity (Wildman–Crippen MR) is 413 cm³/mol. The third-order valence-corrected chi connectivity index (χ3v) is 20.4. The van der Waals surface area contributed by atoms with Gasteiger partial charge in [0.2, 0.25) is 0 Å². The highest BCUT2D eigenvalue weighted by Crippen LogP contribution is 2.52. The number of hydrogen-bond donors (Lipinski definition) is 2. The lowest BCUT2D eigenvalue weighted by Gasteiger charge is -2.34.